The molecule has 0 aromatic heterocycles. The highest BCUT2D eigenvalue weighted by Gasteiger charge is 2.48. The van der Waals surface area contributed by atoms with Gasteiger partial charge in [-0.1, -0.05) is 6.42 Å². The monoisotopic (exact) mass is 320 g/mol. The average molecular weight is 321 g/mol. The van der Waals surface area contributed by atoms with Crippen molar-refractivity contribution in [2.24, 2.45) is 0 Å². The number of carbonyl (C=O) groups is 1. The van der Waals surface area contributed by atoms with E-state index < -0.39 is 28.8 Å². The molecule has 1 aromatic rings. The number of halogens is 3. The Hall–Kier alpha value is -1.17. The molecule has 0 heterocycles. The van der Waals surface area contributed by atoms with Crippen LogP contribution >= 0.6 is 15.9 Å². The maximum atomic E-state index is 14.1. The minimum absolute atomic E-state index is 0.00303. The van der Waals surface area contributed by atoms with Gasteiger partial charge in [0.2, 0.25) is 0 Å². The fourth-order valence-electron chi connectivity index (χ4n) is 2.24. The van der Waals surface area contributed by atoms with E-state index in [1.807, 2.05) is 0 Å². The third-order valence-electron chi connectivity index (χ3n) is 3.45. The van der Waals surface area contributed by atoms with Crippen LogP contribution < -0.4 is 4.74 Å². The Balaban J connectivity index is 2.65. The molecule has 1 saturated carbocycles. The second-order valence-electron chi connectivity index (χ2n) is 4.31. The normalized spacial score (nSPS) is 17.1. The maximum Gasteiger partial charge on any atom is 0.314 e. The van der Waals surface area contributed by atoms with Crippen LogP contribution in [0.4, 0.5) is 8.78 Å². The Bertz CT molecular complexity index is 513. The summed E-state index contributed by atoms with van der Waals surface area (Å²) in [4.78, 5) is 11.3. The average Bonchev–Trinajstić information content (AvgIpc) is 2.24. The van der Waals surface area contributed by atoms with Crippen molar-refractivity contribution in [3.63, 3.8) is 0 Å². The summed E-state index contributed by atoms with van der Waals surface area (Å²) < 4.78 is 32.4. The van der Waals surface area contributed by atoms with E-state index in [0.717, 1.165) is 7.11 Å². The molecule has 0 atom stereocenters. The highest BCUT2D eigenvalue weighted by Crippen LogP contribution is 2.47. The van der Waals surface area contributed by atoms with Crippen LogP contribution in [0, 0.1) is 11.6 Å². The summed E-state index contributed by atoms with van der Waals surface area (Å²) in [5.74, 6) is -3.43. The summed E-state index contributed by atoms with van der Waals surface area (Å²) >= 11 is 2.95. The second-order valence-corrected chi connectivity index (χ2v) is 5.16. The topological polar surface area (TPSA) is 46.5 Å². The molecular weight excluding hydrogens is 310 g/mol. The summed E-state index contributed by atoms with van der Waals surface area (Å²) in [7, 11) is 1.14. The third kappa shape index (κ3) is 1.70. The summed E-state index contributed by atoms with van der Waals surface area (Å²) in [6, 6.07) is 1.19. The van der Waals surface area contributed by atoms with Crippen LogP contribution in [0.5, 0.6) is 5.75 Å². The molecule has 18 heavy (non-hydrogen) atoms. The predicted molar refractivity (Wildman–Crippen MR) is 63.8 cm³/mol. The van der Waals surface area contributed by atoms with E-state index in [1.54, 1.807) is 0 Å². The van der Waals surface area contributed by atoms with Gasteiger partial charge in [-0.25, -0.2) is 8.78 Å². The Morgan fingerprint density at radius 2 is 2.06 bits per heavy atom. The van der Waals surface area contributed by atoms with Crippen LogP contribution in [0.2, 0.25) is 0 Å². The Labute approximate surface area is 111 Å². The Kier molecular flexibility index (Phi) is 3.31. The number of aliphatic carboxylic acids is 1. The lowest BCUT2D eigenvalue weighted by Crippen LogP contribution is -2.43. The van der Waals surface area contributed by atoms with Crippen LogP contribution in [0.3, 0.4) is 0 Å². The molecule has 1 aromatic carbocycles. The fourth-order valence-corrected chi connectivity index (χ4v) is 2.65. The van der Waals surface area contributed by atoms with Crippen molar-refractivity contribution < 1.29 is 23.4 Å². The summed E-state index contributed by atoms with van der Waals surface area (Å²) in [6.45, 7) is 0. The SMILES string of the molecule is COc1c(F)c(Br)cc(C2(C(=O)O)CCC2)c1F. The number of hydrogen-bond acceptors (Lipinski definition) is 2. The molecule has 0 bridgehead atoms. The van der Waals surface area contributed by atoms with E-state index in [4.69, 9.17) is 0 Å². The number of hydrogen-bond donors (Lipinski definition) is 1. The van der Waals surface area contributed by atoms with Crippen molar-refractivity contribution in [1.29, 1.82) is 0 Å². The van der Waals surface area contributed by atoms with Gasteiger partial charge in [0.15, 0.2) is 17.4 Å². The van der Waals surface area contributed by atoms with Gasteiger partial charge in [0, 0.05) is 5.56 Å². The quantitative estimate of drug-likeness (QED) is 0.870. The molecule has 0 saturated heterocycles. The lowest BCUT2D eigenvalue weighted by Gasteiger charge is -2.38. The number of benzene rings is 1. The number of ether oxygens (including phenoxy) is 1. The third-order valence-corrected chi connectivity index (χ3v) is 4.03. The van der Waals surface area contributed by atoms with Gasteiger partial charge in [0.25, 0.3) is 0 Å². The molecule has 1 fully saturated rings. The zero-order valence-corrected chi connectivity index (χ0v) is 11.2. The lowest BCUT2D eigenvalue weighted by atomic mass is 9.64. The van der Waals surface area contributed by atoms with E-state index in [9.17, 15) is 18.7 Å². The van der Waals surface area contributed by atoms with Crippen LogP contribution in [0.25, 0.3) is 0 Å². The number of methoxy groups -OCH3 is 1. The van der Waals surface area contributed by atoms with Crippen molar-refractivity contribution in [2.75, 3.05) is 7.11 Å². The zero-order chi connectivity index (χ0) is 13.5. The van der Waals surface area contributed by atoms with Crippen molar-refractivity contribution in [3.8, 4) is 5.75 Å². The van der Waals surface area contributed by atoms with E-state index in [2.05, 4.69) is 20.7 Å². The van der Waals surface area contributed by atoms with Gasteiger partial charge in [0.05, 0.1) is 17.0 Å². The minimum Gasteiger partial charge on any atom is -0.491 e. The zero-order valence-electron chi connectivity index (χ0n) is 9.60. The first-order chi connectivity index (χ1) is 8.44. The van der Waals surface area contributed by atoms with Crippen LogP contribution in [-0.2, 0) is 10.2 Å². The molecule has 0 amide bonds. The molecule has 98 valence electrons. The molecule has 2 rings (SSSR count). The molecule has 0 radical (unpaired) electrons. The van der Waals surface area contributed by atoms with Crippen LogP contribution in [0.15, 0.2) is 10.5 Å². The first kappa shape index (κ1) is 13.3. The van der Waals surface area contributed by atoms with Crippen molar-refractivity contribution in [1.82, 2.24) is 0 Å². The molecule has 3 nitrogen and oxygen atoms in total. The smallest absolute Gasteiger partial charge is 0.314 e. The maximum absolute atomic E-state index is 14.1. The van der Waals surface area contributed by atoms with E-state index >= 15 is 0 Å². The minimum atomic E-state index is -1.26. The molecule has 0 spiro atoms. The van der Waals surface area contributed by atoms with Crippen LogP contribution in [-0.4, -0.2) is 18.2 Å². The summed E-state index contributed by atoms with van der Waals surface area (Å²) in [5.41, 5.74) is -1.28. The molecule has 1 aliphatic carbocycles. The standard InChI is InChI=1S/C12H11BrF2O3/c1-18-10-8(14)6(5-7(13)9(10)15)12(11(16)17)3-2-4-12/h5H,2-4H2,1H3,(H,16,17). The fraction of sp³-hybridized carbons (Fsp3) is 0.417. The van der Waals surface area contributed by atoms with Crippen molar-refractivity contribution >= 4 is 21.9 Å². The van der Waals surface area contributed by atoms with Gasteiger partial charge in [-0.3, -0.25) is 4.79 Å². The summed E-state index contributed by atoms with van der Waals surface area (Å²) in [5, 5.41) is 9.27. The first-order valence-corrected chi connectivity index (χ1v) is 6.18. The van der Waals surface area contributed by atoms with Crippen LogP contribution in [0.1, 0.15) is 24.8 Å². The number of carboxylic acid groups (broad SMARTS) is 1. The molecule has 6 heteroatoms. The van der Waals surface area contributed by atoms with Gasteiger partial charge < -0.3 is 9.84 Å². The van der Waals surface area contributed by atoms with Gasteiger partial charge in [-0.05, 0) is 34.8 Å². The Morgan fingerprint density at radius 1 is 1.44 bits per heavy atom. The van der Waals surface area contributed by atoms with Gasteiger partial charge in [-0.2, -0.15) is 0 Å². The van der Waals surface area contributed by atoms with Gasteiger partial charge in [-0.15, -0.1) is 0 Å². The largest absolute Gasteiger partial charge is 0.491 e. The van der Waals surface area contributed by atoms with Crippen molar-refractivity contribution in [3.05, 3.63) is 27.7 Å². The van der Waals surface area contributed by atoms with E-state index in [1.165, 1.54) is 6.07 Å². The molecule has 0 unspecified atom stereocenters. The Morgan fingerprint density at radius 3 is 2.44 bits per heavy atom. The van der Waals surface area contributed by atoms with E-state index in [0.29, 0.717) is 19.3 Å². The predicted octanol–water partition coefficient (Wildman–Crippen LogP) is 3.24. The lowest BCUT2D eigenvalue weighted by molar-refractivity contribution is -0.147. The molecular formula is C12H11BrF2O3. The summed E-state index contributed by atoms with van der Waals surface area (Å²) in [6.07, 6.45) is 1.41. The van der Waals surface area contributed by atoms with Gasteiger partial charge in [0.1, 0.15) is 0 Å². The molecule has 0 aliphatic heterocycles. The van der Waals surface area contributed by atoms with E-state index in [-0.39, 0.29) is 10.0 Å². The first-order valence-electron chi connectivity index (χ1n) is 5.39. The highest BCUT2D eigenvalue weighted by atomic mass is 79.9. The molecule has 1 N–H and O–H groups in total. The molecule has 1 aliphatic rings. The highest BCUT2D eigenvalue weighted by molar-refractivity contribution is 9.10. The number of carboxylic acids is 1. The van der Waals surface area contributed by atoms with Gasteiger partial charge >= 0.3 is 5.97 Å². The second kappa shape index (κ2) is 4.50. The number of rotatable bonds is 3. The van der Waals surface area contributed by atoms with Crippen molar-refractivity contribution in [2.45, 2.75) is 24.7 Å².